The van der Waals surface area contributed by atoms with Crippen LogP contribution in [-0.4, -0.2) is 42.4 Å². The molecule has 0 amide bonds. The minimum absolute atomic E-state index is 0.00317. The number of carbonyl (C=O) groups is 1. The van der Waals surface area contributed by atoms with Gasteiger partial charge in [0, 0.05) is 0 Å². The van der Waals surface area contributed by atoms with Gasteiger partial charge in [0.05, 0.1) is 20.8 Å². The van der Waals surface area contributed by atoms with E-state index in [9.17, 15) is 15.0 Å². The largest absolute Gasteiger partial charge is 0.504 e. The smallest absolute Gasteiger partial charge is 0.161 e. The predicted molar refractivity (Wildman–Crippen MR) is 101 cm³/mol. The zero-order valence-corrected chi connectivity index (χ0v) is 14.6. The lowest BCUT2D eigenvalue weighted by molar-refractivity contribution is -0.104. The summed E-state index contributed by atoms with van der Waals surface area (Å²) in [4.78, 5) is 10.0. The van der Waals surface area contributed by atoms with Gasteiger partial charge < -0.3 is 24.8 Å². The van der Waals surface area contributed by atoms with Gasteiger partial charge in [-0.2, -0.15) is 0 Å². The van der Waals surface area contributed by atoms with Crippen LogP contribution in [0.15, 0.2) is 48.6 Å². The van der Waals surface area contributed by atoms with Crippen LogP contribution < -0.4 is 9.47 Å². The Morgan fingerprint density at radius 3 is 1.81 bits per heavy atom. The summed E-state index contributed by atoms with van der Waals surface area (Å²) in [7, 11) is 2.97. The second-order valence-electron chi connectivity index (χ2n) is 4.94. The van der Waals surface area contributed by atoms with Gasteiger partial charge in [-0.1, -0.05) is 30.4 Å². The summed E-state index contributed by atoms with van der Waals surface area (Å²) >= 11 is 0. The van der Waals surface area contributed by atoms with Gasteiger partial charge in [-0.15, -0.1) is 0 Å². The van der Waals surface area contributed by atoms with Crippen molar-refractivity contribution in [3.05, 3.63) is 59.7 Å². The van der Waals surface area contributed by atoms with Crippen LogP contribution in [0.1, 0.15) is 11.1 Å². The summed E-state index contributed by atoms with van der Waals surface area (Å²) in [6.45, 7) is 0.00317. The van der Waals surface area contributed by atoms with Gasteiger partial charge in [0.1, 0.15) is 6.29 Å². The van der Waals surface area contributed by atoms with E-state index in [1.165, 1.54) is 26.4 Å². The first-order valence-corrected chi connectivity index (χ1v) is 7.69. The van der Waals surface area contributed by atoms with Crippen LogP contribution in [-0.2, 0) is 4.79 Å². The molecule has 0 fully saturated rings. The zero-order chi connectivity index (χ0) is 19.4. The molecular weight excluding hydrogens is 336 g/mol. The van der Waals surface area contributed by atoms with Crippen LogP contribution in [0.3, 0.4) is 0 Å². The van der Waals surface area contributed by atoms with Crippen molar-refractivity contribution in [1.29, 1.82) is 0 Å². The Bertz CT molecular complexity index is 765. The summed E-state index contributed by atoms with van der Waals surface area (Å²) < 4.78 is 9.81. The van der Waals surface area contributed by atoms with Crippen molar-refractivity contribution in [2.45, 2.75) is 0 Å². The van der Waals surface area contributed by atoms with E-state index in [0.717, 1.165) is 11.1 Å². The monoisotopic (exact) mass is 358 g/mol. The number of rotatable bonds is 6. The molecule has 6 heteroatoms. The molecule has 0 saturated heterocycles. The Balaban J connectivity index is 0.000000260. The maximum atomic E-state index is 10.0. The van der Waals surface area contributed by atoms with Gasteiger partial charge in [0.25, 0.3) is 0 Å². The molecule has 26 heavy (non-hydrogen) atoms. The van der Waals surface area contributed by atoms with Crippen molar-refractivity contribution in [2.24, 2.45) is 0 Å². The third kappa shape index (κ3) is 6.70. The van der Waals surface area contributed by atoms with E-state index >= 15 is 0 Å². The first-order chi connectivity index (χ1) is 12.5. The highest BCUT2D eigenvalue weighted by Crippen LogP contribution is 2.27. The first kappa shape index (κ1) is 20.8. The standard InChI is InChI=1S/C10H12O3.C10H10O3/c2*1-13-10-7-8(3-2-6-11)4-5-9(10)12/h2-5,7,11-12H,6H2,1H3;2-7,12H,1H3/b2*3-2+. The average Bonchev–Trinajstić information content (AvgIpc) is 2.67. The molecular formula is C20H22O6. The quantitative estimate of drug-likeness (QED) is 0.543. The fraction of sp³-hybridized carbons (Fsp3) is 0.150. The normalized spacial score (nSPS) is 10.4. The third-order valence-corrected chi connectivity index (χ3v) is 3.19. The Hall–Kier alpha value is -3.25. The number of aliphatic hydroxyl groups is 1. The number of allylic oxidation sites excluding steroid dienone is 1. The second kappa shape index (κ2) is 11.3. The minimum Gasteiger partial charge on any atom is -0.504 e. The fourth-order valence-corrected chi connectivity index (χ4v) is 1.93. The number of benzene rings is 2. The van der Waals surface area contributed by atoms with E-state index in [2.05, 4.69) is 0 Å². The van der Waals surface area contributed by atoms with E-state index in [-0.39, 0.29) is 18.1 Å². The molecule has 0 aliphatic heterocycles. The molecule has 0 spiro atoms. The maximum Gasteiger partial charge on any atom is 0.161 e. The van der Waals surface area contributed by atoms with Crippen molar-refractivity contribution in [2.75, 3.05) is 20.8 Å². The van der Waals surface area contributed by atoms with E-state index in [4.69, 9.17) is 14.6 Å². The molecule has 0 aromatic heterocycles. The lowest BCUT2D eigenvalue weighted by atomic mass is 10.2. The molecule has 0 atom stereocenters. The molecule has 0 bridgehead atoms. The molecule has 0 aliphatic rings. The Kier molecular flexibility index (Phi) is 9.06. The topological polar surface area (TPSA) is 96.2 Å². The number of methoxy groups -OCH3 is 2. The minimum atomic E-state index is 0.00317. The molecule has 0 unspecified atom stereocenters. The highest BCUT2D eigenvalue weighted by molar-refractivity contribution is 5.74. The van der Waals surface area contributed by atoms with Gasteiger partial charge in [-0.25, -0.2) is 0 Å². The van der Waals surface area contributed by atoms with Gasteiger partial charge in [-0.05, 0) is 41.5 Å². The molecule has 2 rings (SSSR count). The summed E-state index contributed by atoms with van der Waals surface area (Å²) in [5.41, 5.74) is 1.69. The SMILES string of the molecule is COc1cc(/C=C/C=O)ccc1O.COc1cc(/C=C/CO)ccc1O. The number of ether oxygens (including phenoxy) is 2. The molecule has 138 valence electrons. The number of aliphatic hydroxyl groups excluding tert-OH is 1. The van der Waals surface area contributed by atoms with E-state index in [1.54, 1.807) is 48.6 Å². The molecule has 0 aliphatic carbocycles. The lowest BCUT2D eigenvalue weighted by Crippen LogP contribution is -1.84. The highest BCUT2D eigenvalue weighted by Gasteiger charge is 2.00. The van der Waals surface area contributed by atoms with Crippen LogP contribution in [0, 0.1) is 0 Å². The van der Waals surface area contributed by atoms with Crippen LogP contribution >= 0.6 is 0 Å². The van der Waals surface area contributed by atoms with E-state index in [1.807, 2.05) is 0 Å². The third-order valence-electron chi connectivity index (χ3n) is 3.19. The van der Waals surface area contributed by atoms with Crippen molar-refractivity contribution < 1.29 is 29.6 Å². The Morgan fingerprint density at radius 2 is 1.38 bits per heavy atom. The summed E-state index contributed by atoms with van der Waals surface area (Å²) in [5.74, 6) is 1.03. The maximum absolute atomic E-state index is 10.0. The Labute approximate surface area is 152 Å². The number of carbonyl (C=O) groups excluding carboxylic acids is 1. The van der Waals surface area contributed by atoms with Gasteiger partial charge in [0.15, 0.2) is 23.0 Å². The molecule has 3 N–H and O–H groups in total. The van der Waals surface area contributed by atoms with Crippen molar-refractivity contribution in [1.82, 2.24) is 0 Å². The van der Waals surface area contributed by atoms with Gasteiger partial charge >= 0.3 is 0 Å². The van der Waals surface area contributed by atoms with Crippen molar-refractivity contribution in [3.8, 4) is 23.0 Å². The van der Waals surface area contributed by atoms with E-state index < -0.39 is 0 Å². The second-order valence-corrected chi connectivity index (χ2v) is 4.94. The number of hydrogen-bond donors (Lipinski definition) is 3. The van der Waals surface area contributed by atoms with Gasteiger partial charge in [-0.3, -0.25) is 4.79 Å². The van der Waals surface area contributed by atoms with Crippen LogP contribution in [0.2, 0.25) is 0 Å². The summed E-state index contributed by atoms with van der Waals surface area (Å²) in [6.07, 6.45) is 7.08. The van der Waals surface area contributed by atoms with Crippen LogP contribution in [0.4, 0.5) is 0 Å². The van der Waals surface area contributed by atoms with Crippen LogP contribution in [0.5, 0.6) is 23.0 Å². The molecule has 0 saturated carbocycles. The zero-order valence-electron chi connectivity index (χ0n) is 14.6. The van der Waals surface area contributed by atoms with Gasteiger partial charge in [0.2, 0.25) is 0 Å². The molecule has 2 aromatic rings. The number of aldehydes is 1. The molecule has 0 radical (unpaired) electrons. The number of phenols is 2. The highest BCUT2D eigenvalue weighted by atomic mass is 16.5. The molecule has 0 heterocycles. The number of hydrogen-bond acceptors (Lipinski definition) is 6. The average molecular weight is 358 g/mol. The Morgan fingerprint density at radius 1 is 0.885 bits per heavy atom. The van der Waals surface area contributed by atoms with E-state index in [0.29, 0.717) is 17.8 Å². The van der Waals surface area contributed by atoms with Crippen molar-refractivity contribution in [3.63, 3.8) is 0 Å². The molecule has 6 nitrogen and oxygen atoms in total. The number of aromatic hydroxyl groups is 2. The summed E-state index contributed by atoms with van der Waals surface area (Å²) in [6, 6.07) is 9.85. The summed E-state index contributed by atoms with van der Waals surface area (Å²) in [5, 5.41) is 27.0. The number of phenolic OH excluding ortho intramolecular Hbond substituents is 2. The predicted octanol–water partition coefficient (Wildman–Crippen LogP) is 3.02. The lowest BCUT2D eigenvalue weighted by Gasteiger charge is -2.03. The first-order valence-electron chi connectivity index (χ1n) is 7.69. The molecule has 2 aromatic carbocycles. The van der Waals surface area contributed by atoms with Crippen molar-refractivity contribution >= 4 is 18.4 Å². The fourth-order valence-electron chi connectivity index (χ4n) is 1.93. The van der Waals surface area contributed by atoms with Crippen LogP contribution in [0.25, 0.3) is 12.2 Å².